The first-order valence-electron chi connectivity index (χ1n) is 10.3. The minimum absolute atomic E-state index is 0.148. The van der Waals surface area contributed by atoms with Gasteiger partial charge in [0.05, 0.1) is 17.9 Å². The number of nitrogens with zero attached hydrogens (tertiary/aromatic N) is 1. The normalized spacial score (nSPS) is 17.2. The summed E-state index contributed by atoms with van der Waals surface area (Å²) in [6.45, 7) is 2.45. The number of hydrogen-bond acceptors (Lipinski definition) is 6. The minimum Gasteiger partial charge on any atom is -0.465 e. The fraction of sp³-hybridized carbons (Fsp3) is 0.304. The molecule has 0 saturated carbocycles. The largest absolute Gasteiger partial charge is 0.465 e. The van der Waals surface area contributed by atoms with Crippen molar-refractivity contribution < 1.29 is 22.7 Å². The van der Waals surface area contributed by atoms with Crippen LogP contribution in [0.3, 0.4) is 0 Å². The van der Waals surface area contributed by atoms with E-state index in [1.165, 1.54) is 22.8 Å². The van der Waals surface area contributed by atoms with Gasteiger partial charge in [0.15, 0.2) is 0 Å². The molecule has 1 saturated heterocycles. The first-order chi connectivity index (χ1) is 15.3. The summed E-state index contributed by atoms with van der Waals surface area (Å²) >= 11 is 1.33. The standard InChI is InChI=1S/C23H24N2O5S2/c1-15-5-8-19(9-6-15)32(28,29)25-11-3-4-16(14-25)22(26)24-18-7-10-20-17(12-18)13-21(31-20)23(27)30-2/h5-10,12-13,16H,3-4,11,14H2,1-2H3,(H,24,26)/t16-/m0/s1. The highest BCUT2D eigenvalue weighted by Crippen LogP contribution is 2.30. The Bertz CT molecular complexity index is 1270. The van der Waals surface area contributed by atoms with E-state index in [1.54, 1.807) is 42.5 Å². The van der Waals surface area contributed by atoms with E-state index in [4.69, 9.17) is 4.74 Å². The molecule has 0 unspecified atom stereocenters. The first kappa shape index (κ1) is 22.4. The number of carbonyl (C=O) groups is 2. The lowest BCUT2D eigenvalue weighted by Crippen LogP contribution is -2.43. The molecule has 2 aromatic carbocycles. The average molecular weight is 473 g/mol. The summed E-state index contributed by atoms with van der Waals surface area (Å²) in [5.74, 6) is -1.04. The quantitative estimate of drug-likeness (QED) is 0.566. The second-order valence-corrected chi connectivity index (χ2v) is 10.9. The minimum atomic E-state index is -3.64. The number of amides is 1. The number of ether oxygens (including phenoxy) is 1. The van der Waals surface area contributed by atoms with E-state index in [-0.39, 0.29) is 17.3 Å². The van der Waals surface area contributed by atoms with Crippen LogP contribution in [0.15, 0.2) is 53.4 Å². The maximum absolute atomic E-state index is 13.0. The van der Waals surface area contributed by atoms with Crippen LogP contribution in [0.5, 0.6) is 0 Å². The van der Waals surface area contributed by atoms with E-state index in [2.05, 4.69) is 5.32 Å². The number of aryl methyl sites for hydroxylation is 1. The molecule has 3 aromatic rings. The number of nitrogens with one attached hydrogen (secondary N) is 1. The van der Waals surface area contributed by atoms with E-state index < -0.39 is 21.9 Å². The van der Waals surface area contributed by atoms with Crippen molar-refractivity contribution in [3.05, 3.63) is 59.0 Å². The number of esters is 1. The third-order valence-corrected chi connectivity index (χ3v) is 8.56. The van der Waals surface area contributed by atoms with Gasteiger partial charge in [-0.3, -0.25) is 4.79 Å². The van der Waals surface area contributed by atoms with Gasteiger partial charge in [0, 0.05) is 23.5 Å². The summed E-state index contributed by atoms with van der Waals surface area (Å²) in [7, 11) is -2.31. The lowest BCUT2D eigenvalue weighted by atomic mass is 9.98. The van der Waals surface area contributed by atoms with Crippen LogP contribution in [-0.4, -0.2) is 44.8 Å². The van der Waals surface area contributed by atoms with Crippen molar-refractivity contribution in [3.63, 3.8) is 0 Å². The van der Waals surface area contributed by atoms with Gasteiger partial charge < -0.3 is 10.1 Å². The maximum atomic E-state index is 13.0. The number of thiophene rings is 1. The zero-order valence-corrected chi connectivity index (χ0v) is 19.5. The Hall–Kier alpha value is -2.75. The summed E-state index contributed by atoms with van der Waals surface area (Å²) in [4.78, 5) is 25.4. The van der Waals surface area contributed by atoms with Gasteiger partial charge in [-0.15, -0.1) is 11.3 Å². The summed E-state index contributed by atoms with van der Waals surface area (Å²) in [5.41, 5.74) is 1.59. The molecular weight excluding hydrogens is 448 g/mol. The number of anilines is 1. The van der Waals surface area contributed by atoms with Gasteiger partial charge in [0.2, 0.25) is 15.9 Å². The molecular formula is C23H24N2O5S2. The Morgan fingerprint density at radius 1 is 1.12 bits per heavy atom. The number of fused-ring (bicyclic) bond motifs is 1. The fourth-order valence-corrected chi connectivity index (χ4v) is 6.29. The van der Waals surface area contributed by atoms with Crippen molar-refractivity contribution in [1.29, 1.82) is 0 Å². The number of rotatable bonds is 5. The predicted molar refractivity (Wildman–Crippen MR) is 124 cm³/mol. The third kappa shape index (κ3) is 4.55. The number of sulfonamides is 1. The van der Waals surface area contributed by atoms with Crippen LogP contribution < -0.4 is 5.32 Å². The molecule has 1 N–H and O–H groups in total. The molecule has 0 radical (unpaired) electrons. The highest BCUT2D eigenvalue weighted by Gasteiger charge is 2.33. The van der Waals surface area contributed by atoms with Crippen LogP contribution in [0.4, 0.5) is 5.69 Å². The van der Waals surface area contributed by atoms with Gasteiger partial charge in [-0.1, -0.05) is 17.7 Å². The van der Waals surface area contributed by atoms with Gasteiger partial charge >= 0.3 is 5.97 Å². The fourth-order valence-electron chi connectivity index (χ4n) is 3.80. The Kier molecular flexibility index (Phi) is 6.32. The average Bonchev–Trinajstić information content (AvgIpc) is 3.22. The zero-order chi connectivity index (χ0) is 22.9. The van der Waals surface area contributed by atoms with E-state index in [0.717, 1.165) is 15.6 Å². The highest BCUT2D eigenvalue weighted by molar-refractivity contribution is 7.89. The molecule has 1 fully saturated rings. The van der Waals surface area contributed by atoms with Crippen LogP contribution in [0, 0.1) is 12.8 Å². The number of benzene rings is 2. The topological polar surface area (TPSA) is 92.8 Å². The van der Waals surface area contributed by atoms with Crippen LogP contribution in [-0.2, 0) is 19.6 Å². The van der Waals surface area contributed by atoms with Gasteiger partial charge in [0.1, 0.15) is 4.88 Å². The molecule has 1 aliphatic rings. The maximum Gasteiger partial charge on any atom is 0.348 e. The van der Waals surface area contributed by atoms with Crippen molar-refractivity contribution in [2.75, 3.05) is 25.5 Å². The number of carbonyl (C=O) groups excluding carboxylic acids is 2. The third-order valence-electron chi connectivity index (χ3n) is 5.58. The smallest absolute Gasteiger partial charge is 0.348 e. The molecule has 4 rings (SSSR count). The first-order valence-corrected chi connectivity index (χ1v) is 12.5. The molecule has 1 amide bonds. The Balaban J connectivity index is 1.47. The second-order valence-electron chi connectivity index (χ2n) is 7.86. The van der Waals surface area contributed by atoms with Crippen LogP contribution in [0.1, 0.15) is 28.1 Å². The molecule has 9 heteroatoms. The molecule has 1 aromatic heterocycles. The van der Waals surface area contributed by atoms with E-state index in [9.17, 15) is 18.0 Å². The lowest BCUT2D eigenvalue weighted by Gasteiger charge is -2.31. The highest BCUT2D eigenvalue weighted by atomic mass is 32.2. The van der Waals surface area contributed by atoms with Crippen molar-refractivity contribution in [2.24, 2.45) is 5.92 Å². The number of piperidine rings is 1. The number of hydrogen-bond donors (Lipinski definition) is 1. The predicted octanol–water partition coefficient (Wildman–Crippen LogP) is 4.04. The monoisotopic (exact) mass is 472 g/mol. The van der Waals surface area contributed by atoms with Gasteiger partial charge in [0.25, 0.3) is 0 Å². The number of methoxy groups -OCH3 is 1. The van der Waals surface area contributed by atoms with E-state index in [0.29, 0.717) is 30.0 Å². The molecule has 0 bridgehead atoms. The van der Waals surface area contributed by atoms with Gasteiger partial charge in [-0.25, -0.2) is 13.2 Å². The van der Waals surface area contributed by atoms with Gasteiger partial charge in [-0.2, -0.15) is 4.31 Å². The van der Waals surface area contributed by atoms with Crippen LogP contribution in [0.2, 0.25) is 0 Å². The lowest BCUT2D eigenvalue weighted by molar-refractivity contribution is -0.120. The summed E-state index contributed by atoms with van der Waals surface area (Å²) in [5, 5.41) is 3.74. The summed E-state index contributed by atoms with van der Waals surface area (Å²) in [6.07, 6.45) is 1.24. The molecule has 168 valence electrons. The zero-order valence-electron chi connectivity index (χ0n) is 17.8. The van der Waals surface area contributed by atoms with Crippen molar-refractivity contribution in [3.8, 4) is 0 Å². The summed E-state index contributed by atoms with van der Waals surface area (Å²) < 4.78 is 33.1. The Morgan fingerprint density at radius 2 is 1.88 bits per heavy atom. The molecule has 0 aliphatic carbocycles. The molecule has 7 nitrogen and oxygen atoms in total. The molecule has 1 aliphatic heterocycles. The van der Waals surface area contributed by atoms with Crippen molar-refractivity contribution in [2.45, 2.75) is 24.7 Å². The second kappa shape index (κ2) is 9.01. The molecule has 32 heavy (non-hydrogen) atoms. The Labute approximate surface area is 191 Å². The van der Waals surface area contributed by atoms with E-state index in [1.807, 2.05) is 13.0 Å². The van der Waals surface area contributed by atoms with Crippen molar-refractivity contribution >= 4 is 49.0 Å². The van der Waals surface area contributed by atoms with Crippen molar-refractivity contribution in [1.82, 2.24) is 4.31 Å². The molecule has 1 atom stereocenters. The molecule has 0 spiro atoms. The SMILES string of the molecule is COC(=O)c1cc2cc(NC(=O)[C@H]3CCCN(S(=O)(=O)c4ccc(C)cc4)C3)ccc2s1. The van der Waals surface area contributed by atoms with Gasteiger partial charge in [-0.05, 0) is 61.5 Å². The summed E-state index contributed by atoms with van der Waals surface area (Å²) in [6, 6.07) is 13.9. The van der Waals surface area contributed by atoms with Crippen LogP contribution in [0.25, 0.3) is 10.1 Å². The van der Waals surface area contributed by atoms with Crippen LogP contribution >= 0.6 is 11.3 Å². The Morgan fingerprint density at radius 3 is 2.59 bits per heavy atom. The molecule has 2 heterocycles. The van der Waals surface area contributed by atoms with E-state index >= 15 is 0 Å².